The van der Waals surface area contributed by atoms with Gasteiger partial charge in [-0.1, -0.05) is 0 Å². The first kappa shape index (κ1) is 12.4. The average Bonchev–Trinajstić information content (AvgIpc) is 2.28. The molecule has 1 rings (SSSR count). The highest BCUT2D eigenvalue weighted by Gasteiger charge is 2.18. The molecule has 1 aliphatic heterocycles. The van der Waals surface area contributed by atoms with E-state index in [1.807, 2.05) is 0 Å². The van der Waals surface area contributed by atoms with Gasteiger partial charge in [-0.2, -0.15) is 5.26 Å². The Hall–Kier alpha value is -0.630. The van der Waals surface area contributed by atoms with E-state index in [0.717, 1.165) is 45.5 Å². The molecule has 0 radical (unpaired) electrons. The zero-order valence-electron chi connectivity index (χ0n) is 9.32. The maximum atomic E-state index is 8.48. The molecule has 0 spiro atoms. The van der Waals surface area contributed by atoms with Crippen LogP contribution in [0.4, 0.5) is 0 Å². The number of rotatable bonds is 6. The van der Waals surface area contributed by atoms with E-state index < -0.39 is 0 Å². The van der Waals surface area contributed by atoms with Crippen molar-refractivity contribution in [3.8, 4) is 6.07 Å². The molecule has 0 amide bonds. The van der Waals surface area contributed by atoms with Crippen molar-refractivity contribution in [1.29, 1.82) is 5.26 Å². The maximum absolute atomic E-state index is 8.48. The van der Waals surface area contributed by atoms with Gasteiger partial charge in [0.05, 0.1) is 12.2 Å². The van der Waals surface area contributed by atoms with E-state index >= 15 is 0 Å². The van der Waals surface area contributed by atoms with Crippen molar-refractivity contribution in [2.45, 2.75) is 31.8 Å². The van der Waals surface area contributed by atoms with Crippen LogP contribution in [-0.2, 0) is 4.74 Å². The van der Waals surface area contributed by atoms with Crippen LogP contribution < -0.4 is 5.73 Å². The van der Waals surface area contributed by atoms with Crippen molar-refractivity contribution in [2.75, 3.05) is 32.8 Å². The Morgan fingerprint density at radius 2 is 2.13 bits per heavy atom. The highest BCUT2D eigenvalue weighted by molar-refractivity contribution is 4.77. The van der Waals surface area contributed by atoms with Gasteiger partial charge >= 0.3 is 0 Å². The summed E-state index contributed by atoms with van der Waals surface area (Å²) in [5.41, 5.74) is 5.40. The van der Waals surface area contributed by atoms with E-state index in [1.165, 1.54) is 0 Å². The van der Waals surface area contributed by atoms with Crippen LogP contribution in [0.25, 0.3) is 0 Å². The summed E-state index contributed by atoms with van der Waals surface area (Å²) in [6.07, 6.45) is 4.19. The number of nitrogens with zero attached hydrogens (tertiary/aromatic N) is 2. The third kappa shape index (κ3) is 5.12. The van der Waals surface area contributed by atoms with Crippen molar-refractivity contribution in [3.05, 3.63) is 0 Å². The Morgan fingerprint density at radius 1 is 1.40 bits per heavy atom. The molecule has 0 aromatic heterocycles. The Kier molecular flexibility index (Phi) is 6.33. The normalized spacial score (nSPS) is 18.9. The van der Waals surface area contributed by atoms with E-state index in [2.05, 4.69) is 11.0 Å². The summed E-state index contributed by atoms with van der Waals surface area (Å²) in [5, 5.41) is 8.48. The number of nitriles is 1. The molecule has 0 aliphatic carbocycles. The summed E-state index contributed by atoms with van der Waals surface area (Å²) in [7, 11) is 0. The fraction of sp³-hybridized carbons (Fsp3) is 0.909. The predicted molar refractivity (Wildman–Crippen MR) is 59.3 cm³/mol. The Morgan fingerprint density at radius 3 is 2.73 bits per heavy atom. The third-order valence-corrected chi connectivity index (χ3v) is 2.78. The molecule has 0 atom stereocenters. The Balaban J connectivity index is 2.05. The molecule has 2 N–H and O–H groups in total. The minimum Gasteiger partial charge on any atom is -0.378 e. The van der Waals surface area contributed by atoms with Gasteiger partial charge in [0.15, 0.2) is 0 Å². The van der Waals surface area contributed by atoms with Crippen LogP contribution in [0.5, 0.6) is 0 Å². The number of likely N-dealkylation sites (tertiary alicyclic amines) is 1. The van der Waals surface area contributed by atoms with Gasteiger partial charge in [-0.05, 0) is 25.8 Å². The zero-order chi connectivity index (χ0) is 10.9. The fourth-order valence-corrected chi connectivity index (χ4v) is 1.84. The molecule has 1 fully saturated rings. The predicted octanol–water partition coefficient (Wildman–Crippen LogP) is 0.730. The molecule has 4 nitrogen and oxygen atoms in total. The lowest BCUT2D eigenvalue weighted by molar-refractivity contribution is 0.00772. The first-order chi connectivity index (χ1) is 7.36. The molecule has 0 bridgehead atoms. The lowest BCUT2D eigenvalue weighted by Crippen LogP contribution is -2.37. The standard InChI is InChI=1S/C11H21N3O/c12-5-1-7-14-8-3-11(4-9-14)15-10-2-6-13/h11H,1-4,6-10,13H2. The van der Waals surface area contributed by atoms with Gasteiger partial charge in [-0.25, -0.2) is 0 Å². The van der Waals surface area contributed by atoms with E-state index in [4.69, 9.17) is 15.7 Å². The average molecular weight is 211 g/mol. The van der Waals surface area contributed by atoms with Crippen LogP contribution in [0, 0.1) is 11.3 Å². The van der Waals surface area contributed by atoms with Gasteiger partial charge in [0.1, 0.15) is 0 Å². The molecule has 0 saturated carbocycles. The summed E-state index contributed by atoms with van der Waals surface area (Å²) in [6.45, 7) is 4.54. The minimum atomic E-state index is 0.412. The van der Waals surface area contributed by atoms with Crippen molar-refractivity contribution in [1.82, 2.24) is 4.90 Å². The van der Waals surface area contributed by atoms with Crippen molar-refractivity contribution in [3.63, 3.8) is 0 Å². The highest BCUT2D eigenvalue weighted by atomic mass is 16.5. The molecular formula is C11H21N3O. The van der Waals surface area contributed by atoms with Crippen molar-refractivity contribution >= 4 is 0 Å². The monoisotopic (exact) mass is 211 g/mol. The SMILES string of the molecule is N#CCCN1CCC(OCCCN)CC1. The molecule has 0 aromatic carbocycles. The van der Waals surface area contributed by atoms with Crippen LogP contribution in [0.3, 0.4) is 0 Å². The zero-order valence-corrected chi connectivity index (χ0v) is 9.32. The largest absolute Gasteiger partial charge is 0.378 e. The van der Waals surface area contributed by atoms with E-state index in [1.54, 1.807) is 0 Å². The second kappa shape index (κ2) is 7.63. The van der Waals surface area contributed by atoms with E-state index in [-0.39, 0.29) is 0 Å². The van der Waals surface area contributed by atoms with E-state index in [0.29, 0.717) is 19.1 Å². The number of ether oxygens (including phenoxy) is 1. The molecular weight excluding hydrogens is 190 g/mol. The Labute approximate surface area is 92.0 Å². The molecule has 4 heteroatoms. The lowest BCUT2D eigenvalue weighted by Gasteiger charge is -2.31. The second-order valence-corrected chi connectivity index (χ2v) is 3.96. The van der Waals surface area contributed by atoms with Gasteiger partial charge in [0.25, 0.3) is 0 Å². The van der Waals surface area contributed by atoms with Crippen LogP contribution in [0.2, 0.25) is 0 Å². The van der Waals surface area contributed by atoms with Gasteiger partial charge in [-0.15, -0.1) is 0 Å². The summed E-state index contributed by atoms with van der Waals surface area (Å²) < 4.78 is 5.70. The number of nitrogens with two attached hydrogens (primary N) is 1. The number of hydrogen-bond donors (Lipinski definition) is 1. The van der Waals surface area contributed by atoms with Crippen LogP contribution in [0.1, 0.15) is 25.7 Å². The summed E-state index contributed by atoms with van der Waals surface area (Å²) in [4.78, 5) is 2.34. The van der Waals surface area contributed by atoms with Crippen molar-refractivity contribution < 1.29 is 4.74 Å². The van der Waals surface area contributed by atoms with Gasteiger partial charge in [0, 0.05) is 32.7 Å². The number of piperidine rings is 1. The third-order valence-electron chi connectivity index (χ3n) is 2.78. The van der Waals surface area contributed by atoms with E-state index in [9.17, 15) is 0 Å². The molecule has 15 heavy (non-hydrogen) atoms. The fourth-order valence-electron chi connectivity index (χ4n) is 1.84. The number of hydrogen-bond acceptors (Lipinski definition) is 4. The second-order valence-electron chi connectivity index (χ2n) is 3.96. The smallest absolute Gasteiger partial charge is 0.0635 e. The quantitative estimate of drug-likeness (QED) is 0.658. The van der Waals surface area contributed by atoms with Gasteiger partial charge in [0.2, 0.25) is 0 Å². The molecule has 0 unspecified atom stereocenters. The van der Waals surface area contributed by atoms with Crippen LogP contribution in [0.15, 0.2) is 0 Å². The van der Waals surface area contributed by atoms with Crippen LogP contribution >= 0.6 is 0 Å². The molecule has 1 heterocycles. The minimum absolute atomic E-state index is 0.412. The summed E-state index contributed by atoms with van der Waals surface area (Å²) in [6, 6.07) is 2.18. The first-order valence-electron chi connectivity index (χ1n) is 5.77. The first-order valence-corrected chi connectivity index (χ1v) is 5.77. The van der Waals surface area contributed by atoms with Gasteiger partial charge < -0.3 is 15.4 Å². The summed E-state index contributed by atoms with van der Waals surface area (Å²) in [5.74, 6) is 0. The molecule has 0 aromatic rings. The van der Waals surface area contributed by atoms with Crippen molar-refractivity contribution in [2.24, 2.45) is 5.73 Å². The topological polar surface area (TPSA) is 62.3 Å². The molecule has 1 saturated heterocycles. The Bertz CT molecular complexity index is 194. The highest BCUT2D eigenvalue weighted by Crippen LogP contribution is 2.13. The summed E-state index contributed by atoms with van der Waals surface area (Å²) >= 11 is 0. The molecule has 86 valence electrons. The van der Waals surface area contributed by atoms with Gasteiger partial charge in [-0.3, -0.25) is 0 Å². The lowest BCUT2D eigenvalue weighted by atomic mass is 10.1. The molecule has 1 aliphatic rings. The van der Waals surface area contributed by atoms with Crippen LogP contribution in [-0.4, -0.2) is 43.8 Å². The maximum Gasteiger partial charge on any atom is 0.0635 e.